The predicted molar refractivity (Wildman–Crippen MR) is 130 cm³/mol. The molecular weight excluding hydrogens is 524 g/mol. The van der Waals surface area contributed by atoms with Crippen molar-refractivity contribution in [3.05, 3.63) is 75.2 Å². The first-order valence-corrected chi connectivity index (χ1v) is 12.7. The summed E-state index contributed by atoms with van der Waals surface area (Å²) in [6, 6.07) is 17.0. The molecule has 3 aromatic heterocycles. The highest BCUT2D eigenvalue weighted by atomic mass is 79.9. The molecule has 1 unspecified atom stereocenters. The van der Waals surface area contributed by atoms with E-state index in [1.54, 1.807) is 11.3 Å². The second kappa shape index (κ2) is 9.16. The highest BCUT2D eigenvalue weighted by Crippen LogP contribution is 2.43. The lowest BCUT2D eigenvalue weighted by Gasteiger charge is -2.23. The number of carbonyl (C=O) groups excluding carboxylic acids is 2. The van der Waals surface area contributed by atoms with Crippen LogP contribution in [0.4, 0.5) is 0 Å². The molecule has 0 aliphatic heterocycles. The third kappa shape index (κ3) is 4.61. The number of aromatic nitrogens is 4. The zero-order chi connectivity index (χ0) is 22.8. The van der Waals surface area contributed by atoms with Crippen LogP contribution in [-0.4, -0.2) is 38.6 Å². The lowest BCUT2D eigenvalue weighted by molar-refractivity contribution is -0.126. The van der Waals surface area contributed by atoms with E-state index in [4.69, 9.17) is 0 Å². The first kappa shape index (κ1) is 21.9. The van der Waals surface area contributed by atoms with E-state index in [0.717, 1.165) is 19.1 Å². The van der Waals surface area contributed by atoms with Gasteiger partial charge in [-0.25, -0.2) is 4.68 Å². The maximum atomic E-state index is 13.1. The van der Waals surface area contributed by atoms with E-state index in [2.05, 4.69) is 42.1 Å². The first-order valence-electron chi connectivity index (χ1n) is 10.3. The number of carbonyl (C=O) groups is 2. The number of benzene rings is 1. The molecule has 3 heterocycles. The minimum Gasteiger partial charge on any atom is -0.349 e. The molecule has 11 heteroatoms. The van der Waals surface area contributed by atoms with Crippen LogP contribution in [0.3, 0.4) is 0 Å². The number of amides is 2. The fraction of sp³-hybridized carbons (Fsp3) is 0.227. The second-order valence-corrected chi connectivity index (χ2v) is 11.2. The van der Waals surface area contributed by atoms with Crippen LogP contribution < -0.4 is 10.6 Å². The van der Waals surface area contributed by atoms with Crippen molar-refractivity contribution in [3.63, 3.8) is 0 Å². The van der Waals surface area contributed by atoms with Gasteiger partial charge in [-0.05, 0) is 69.0 Å². The predicted octanol–water partition coefficient (Wildman–Crippen LogP) is 4.00. The van der Waals surface area contributed by atoms with Crippen LogP contribution in [0.2, 0.25) is 0 Å². The topological polar surface area (TPSA) is 102 Å². The van der Waals surface area contributed by atoms with Crippen molar-refractivity contribution >= 4 is 50.4 Å². The van der Waals surface area contributed by atoms with Gasteiger partial charge in [-0.15, -0.1) is 27.8 Å². The first-order chi connectivity index (χ1) is 16.0. The smallest absolute Gasteiger partial charge is 0.261 e. The summed E-state index contributed by atoms with van der Waals surface area (Å²) in [4.78, 5) is 28.8. The van der Waals surface area contributed by atoms with Gasteiger partial charge in [0, 0.05) is 16.3 Å². The molecule has 1 saturated carbocycles. The van der Waals surface area contributed by atoms with E-state index in [-0.39, 0.29) is 24.4 Å². The van der Waals surface area contributed by atoms with Gasteiger partial charge in [-0.2, -0.15) is 0 Å². The quantitative estimate of drug-likeness (QED) is 0.350. The van der Waals surface area contributed by atoms with Gasteiger partial charge >= 0.3 is 0 Å². The third-order valence-corrected chi connectivity index (χ3v) is 8.46. The zero-order valence-corrected chi connectivity index (χ0v) is 20.5. The monoisotopic (exact) mass is 542 g/mol. The van der Waals surface area contributed by atoms with Crippen molar-refractivity contribution in [3.8, 4) is 9.75 Å². The summed E-state index contributed by atoms with van der Waals surface area (Å²) in [5.74, 6) is -0.321. The summed E-state index contributed by atoms with van der Waals surface area (Å²) in [7, 11) is 0. The molecule has 168 valence electrons. The molecule has 1 aliphatic carbocycles. The van der Waals surface area contributed by atoms with Gasteiger partial charge in [-0.3, -0.25) is 9.59 Å². The van der Waals surface area contributed by atoms with Gasteiger partial charge in [-0.1, -0.05) is 30.3 Å². The van der Waals surface area contributed by atoms with Gasteiger partial charge in [0.2, 0.25) is 5.91 Å². The normalized spacial score (nSPS) is 15.1. The molecule has 1 atom stereocenters. The Morgan fingerprint density at radius 2 is 1.82 bits per heavy atom. The van der Waals surface area contributed by atoms with Gasteiger partial charge in [0.1, 0.15) is 11.9 Å². The summed E-state index contributed by atoms with van der Waals surface area (Å²) >= 11 is 6.55. The van der Waals surface area contributed by atoms with Gasteiger partial charge < -0.3 is 10.6 Å². The fourth-order valence-electron chi connectivity index (χ4n) is 3.59. The van der Waals surface area contributed by atoms with Gasteiger partial charge in [0.15, 0.2) is 0 Å². The van der Waals surface area contributed by atoms with Crippen LogP contribution in [0.15, 0.2) is 64.7 Å². The Morgan fingerprint density at radius 3 is 2.48 bits per heavy atom. The Balaban J connectivity index is 1.29. The minimum absolute atomic E-state index is 0.153. The number of thiophene rings is 2. The number of nitrogens with one attached hydrogen (secondary N) is 2. The molecule has 1 aliphatic rings. The molecular formula is C22H19BrN6O2S2. The van der Waals surface area contributed by atoms with Gasteiger partial charge in [0.25, 0.3) is 5.91 Å². The minimum atomic E-state index is -0.752. The molecule has 4 aromatic rings. The molecule has 2 amide bonds. The van der Waals surface area contributed by atoms with Crippen LogP contribution in [0.1, 0.15) is 34.1 Å². The molecule has 1 aromatic carbocycles. The number of tetrazole rings is 1. The molecule has 1 fully saturated rings. The summed E-state index contributed by atoms with van der Waals surface area (Å²) in [6.07, 6.45) is 2.81. The summed E-state index contributed by atoms with van der Waals surface area (Å²) < 4.78 is 2.56. The van der Waals surface area contributed by atoms with Crippen molar-refractivity contribution in [1.82, 2.24) is 30.8 Å². The number of nitrogens with zero attached hydrogens (tertiary/aromatic N) is 4. The van der Waals surface area contributed by atoms with Crippen LogP contribution in [-0.2, 0) is 10.3 Å². The molecule has 0 saturated heterocycles. The Labute approximate surface area is 206 Å². The average molecular weight is 543 g/mol. The van der Waals surface area contributed by atoms with Crippen molar-refractivity contribution in [2.45, 2.75) is 24.4 Å². The zero-order valence-electron chi connectivity index (χ0n) is 17.3. The largest absolute Gasteiger partial charge is 0.349 e. The van der Waals surface area contributed by atoms with Crippen LogP contribution >= 0.6 is 38.6 Å². The summed E-state index contributed by atoms with van der Waals surface area (Å²) in [5.41, 5.74) is 0.159. The lowest BCUT2D eigenvalue weighted by atomic mass is 10.1. The van der Waals surface area contributed by atoms with E-state index in [9.17, 15) is 9.59 Å². The van der Waals surface area contributed by atoms with Crippen molar-refractivity contribution < 1.29 is 9.59 Å². The number of rotatable bonds is 8. The van der Waals surface area contributed by atoms with Crippen LogP contribution in [0, 0.1) is 0 Å². The molecule has 0 bridgehead atoms. The van der Waals surface area contributed by atoms with Gasteiger partial charge in [0.05, 0.1) is 14.7 Å². The molecule has 5 rings (SSSR count). The summed E-state index contributed by atoms with van der Waals surface area (Å²) in [6.45, 7) is 0.262. The Hall–Kier alpha value is -2.89. The second-order valence-electron chi connectivity index (χ2n) is 7.70. The molecule has 0 spiro atoms. The highest BCUT2D eigenvalue weighted by molar-refractivity contribution is 9.11. The number of hydrogen-bond acceptors (Lipinski definition) is 7. The van der Waals surface area contributed by atoms with E-state index in [1.165, 1.54) is 22.3 Å². The van der Waals surface area contributed by atoms with E-state index in [0.29, 0.717) is 17.7 Å². The van der Waals surface area contributed by atoms with E-state index in [1.807, 2.05) is 54.6 Å². The van der Waals surface area contributed by atoms with Crippen molar-refractivity contribution in [2.24, 2.45) is 0 Å². The van der Waals surface area contributed by atoms with Crippen molar-refractivity contribution in [1.29, 1.82) is 0 Å². The molecule has 2 N–H and O–H groups in total. The SMILES string of the molecule is O=C(NCC(NC(=O)C1(n2cnnn2)CC1)c1ccccc1)c1ccc(-c2ccc(Br)s2)s1. The Morgan fingerprint density at radius 1 is 1.06 bits per heavy atom. The third-order valence-electron chi connectivity index (χ3n) is 5.55. The standard InChI is InChI=1S/C22H19BrN6O2S2/c23-19-9-8-17(33-19)16-6-7-18(32-16)20(30)24-12-15(14-4-2-1-3-5-14)26-21(31)22(10-11-22)29-13-25-27-28-29/h1-9,13,15H,10-12H2,(H,24,30)(H,26,31). The molecule has 8 nitrogen and oxygen atoms in total. The highest BCUT2D eigenvalue weighted by Gasteiger charge is 2.53. The fourth-order valence-corrected chi connectivity index (χ4v) is 5.99. The maximum absolute atomic E-state index is 13.1. The number of halogens is 1. The van der Waals surface area contributed by atoms with E-state index < -0.39 is 5.54 Å². The summed E-state index contributed by atoms with van der Waals surface area (Å²) in [5, 5.41) is 17.3. The van der Waals surface area contributed by atoms with E-state index >= 15 is 0 Å². The maximum Gasteiger partial charge on any atom is 0.261 e. The Bertz CT molecular complexity index is 1270. The Kier molecular flexibility index (Phi) is 6.09. The number of hydrogen-bond donors (Lipinski definition) is 2. The molecule has 33 heavy (non-hydrogen) atoms. The average Bonchev–Trinajstić information content (AvgIpc) is 3.24. The lowest BCUT2D eigenvalue weighted by Crippen LogP contribution is -2.44. The van der Waals surface area contributed by atoms with Crippen LogP contribution in [0.25, 0.3) is 9.75 Å². The van der Waals surface area contributed by atoms with Crippen LogP contribution in [0.5, 0.6) is 0 Å². The molecule has 0 radical (unpaired) electrons. The van der Waals surface area contributed by atoms with Crippen molar-refractivity contribution in [2.75, 3.05) is 6.54 Å².